The Kier molecular flexibility index (Phi) is 4.22. The Morgan fingerprint density at radius 2 is 1.85 bits per heavy atom. The van der Waals surface area contributed by atoms with Crippen LogP contribution in [0.3, 0.4) is 0 Å². The van der Waals surface area contributed by atoms with Crippen LogP contribution in [-0.4, -0.2) is 41.2 Å². The highest BCUT2D eigenvalue weighted by atomic mass is 19.1. The average Bonchev–Trinajstić information content (AvgIpc) is 2.38. The maximum Gasteiger partial charge on any atom is 0.242 e. The van der Waals surface area contributed by atoms with Crippen molar-refractivity contribution < 1.29 is 14.0 Å². The van der Waals surface area contributed by atoms with Crippen molar-refractivity contribution in [3.05, 3.63) is 29.6 Å². The van der Waals surface area contributed by atoms with E-state index < -0.39 is 5.82 Å². The zero-order chi connectivity index (χ0) is 14.7. The van der Waals surface area contributed by atoms with E-state index in [2.05, 4.69) is 0 Å². The Morgan fingerprint density at radius 3 is 2.50 bits per heavy atom. The fraction of sp³-hybridized carbons (Fsp3) is 0.429. The van der Waals surface area contributed by atoms with Crippen LogP contribution in [0.4, 0.5) is 10.1 Å². The van der Waals surface area contributed by atoms with Gasteiger partial charge in [-0.2, -0.15) is 0 Å². The molecule has 108 valence electrons. The number of nitrogens with two attached hydrogens (primary N) is 1. The molecule has 0 aliphatic carbocycles. The van der Waals surface area contributed by atoms with Crippen LogP contribution in [0.5, 0.6) is 0 Å². The third-order valence-corrected chi connectivity index (χ3v) is 3.32. The van der Waals surface area contributed by atoms with E-state index in [9.17, 15) is 14.0 Å². The van der Waals surface area contributed by atoms with Gasteiger partial charge in [0.1, 0.15) is 12.4 Å². The van der Waals surface area contributed by atoms with Crippen molar-refractivity contribution in [2.24, 2.45) is 0 Å². The SMILES string of the molecule is CCCN1CC(=O)N(Cc2ccc(F)cc2N)CC1=O. The number of amides is 2. The molecule has 2 rings (SSSR count). The predicted octanol–water partition coefficient (Wildman–Crippen LogP) is 0.989. The molecular weight excluding hydrogens is 261 g/mol. The second-order valence-corrected chi connectivity index (χ2v) is 4.91. The molecule has 1 aliphatic rings. The van der Waals surface area contributed by atoms with E-state index in [-0.39, 0.29) is 31.4 Å². The molecule has 1 heterocycles. The van der Waals surface area contributed by atoms with E-state index in [4.69, 9.17) is 5.73 Å². The molecule has 1 aliphatic heterocycles. The number of piperazine rings is 1. The molecule has 1 aromatic carbocycles. The first-order valence-electron chi connectivity index (χ1n) is 6.60. The smallest absolute Gasteiger partial charge is 0.242 e. The molecule has 0 saturated carbocycles. The predicted molar refractivity (Wildman–Crippen MR) is 73.1 cm³/mol. The first-order chi connectivity index (χ1) is 9.51. The lowest BCUT2D eigenvalue weighted by molar-refractivity contribution is -0.150. The summed E-state index contributed by atoms with van der Waals surface area (Å²) < 4.78 is 13.0. The number of carbonyl (C=O) groups excluding carboxylic acids is 2. The van der Waals surface area contributed by atoms with Crippen molar-refractivity contribution in [3.63, 3.8) is 0 Å². The van der Waals surface area contributed by atoms with Gasteiger partial charge in [0.05, 0.1) is 6.54 Å². The summed E-state index contributed by atoms with van der Waals surface area (Å²) in [5.74, 6) is -0.588. The summed E-state index contributed by atoms with van der Waals surface area (Å²) in [5, 5.41) is 0. The summed E-state index contributed by atoms with van der Waals surface area (Å²) in [7, 11) is 0. The molecule has 0 aromatic heterocycles. The van der Waals surface area contributed by atoms with Gasteiger partial charge >= 0.3 is 0 Å². The fourth-order valence-corrected chi connectivity index (χ4v) is 2.24. The van der Waals surface area contributed by atoms with Crippen LogP contribution in [0.1, 0.15) is 18.9 Å². The second kappa shape index (κ2) is 5.90. The van der Waals surface area contributed by atoms with Crippen molar-refractivity contribution in [1.29, 1.82) is 0 Å². The number of rotatable bonds is 4. The lowest BCUT2D eigenvalue weighted by Gasteiger charge is -2.34. The monoisotopic (exact) mass is 279 g/mol. The van der Waals surface area contributed by atoms with Gasteiger partial charge in [-0.25, -0.2) is 4.39 Å². The largest absolute Gasteiger partial charge is 0.398 e. The van der Waals surface area contributed by atoms with Crippen LogP contribution < -0.4 is 5.73 Å². The summed E-state index contributed by atoms with van der Waals surface area (Å²) in [6.45, 7) is 2.94. The van der Waals surface area contributed by atoms with Crippen LogP contribution in [-0.2, 0) is 16.1 Å². The Bertz CT molecular complexity index is 533. The number of halogens is 1. The number of carbonyl (C=O) groups is 2. The summed E-state index contributed by atoms with van der Waals surface area (Å²) in [5.41, 5.74) is 6.66. The summed E-state index contributed by atoms with van der Waals surface area (Å²) in [6, 6.07) is 4.06. The van der Waals surface area contributed by atoms with Crippen LogP contribution in [0, 0.1) is 5.82 Å². The van der Waals surface area contributed by atoms with Gasteiger partial charge in [0.2, 0.25) is 11.8 Å². The maximum atomic E-state index is 13.0. The van der Waals surface area contributed by atoms with Crippen LogP contribution in [0.15, 0.2) is 18.2 Å². The minimum Gasteiger partial charge on any atom is -0.398 e. The van der Waals surface area contributed by atoms with E-state index in [1.54, 1.807) is 11.0 Å². The highest BCUT2D eigenvalue weighted by Crippen LogP contribution is 2.17. The lowest BCUT2D eigenvalue weighted by Crippen LogP contribution is -2.53. The van der Waals surface area contributed by atoms with Gasteiger partial charge in [0, 0.05) is 18.8 Å². The van der Waals surface area contributed by atoms with E-state index >= 15 is 0 Å². The van der Waals surface area contributed by atoms with Gasteiger partial charge in [-0.05, 0) is 24.1 Å². The van der Waals surface area contributed by atoms with E-state index in [0.29, 0.717) is 17.8 Å². The fourth-order valence-electron chi connectivity index (χ4n) is 2.24. The second-order valence-electron chi connectivity index (χ2n) is 4.91. The van der Waals surface area contributed by atoms with E-state index in [1.165, 1.54) is 17.0 Å². The highest BCUT2D eigenvalue weighted by Gasteiger charge is 2.29. The molecule has 1 saturated heterocycles. The summed E-state index contributed by atoms with van der Waals surface area (Å²) in [6.07, 6.45) is 0.823. The molecule has 0 atom stereocenters. The van der Waals surface area contributed by atoms with Crippen molar-refractivity contribution >= 4 is 17.5 Å². The molecule has 1 aromatic rings. The van der Waals surface area contributed by atoms with Crippen molar-refractivity contribution in [3.8, 4) is 0 Å². The number of nitrogen functional groups attached to an aromatic ring is 1. The minimum absolute atomic E-state index is 0.0512. The van der Waals surface area contributed by atoms with Crippen molar-refractivity contribution in [1.82, 2.24) is 9.80 Å². The quantitative estimate of drug-likeness (QED) is 0.836. The molecule has 0 radical (unpaired) electrons. The standard InChI is InChI=1S/C14H18FN3O2/c1-2-5-17-8-14(20)18(9-13(17)19)7-10-3-4-11(15)6-12(10)16/h3-4,6H,2,5,7-9,16H2,1H3. The van der Waals surface area contributed by atoms with Crippen molar-refractivity contribution in [2.45, 2.75) is 19.9 Å². The van der Waals surface area contributed by atoms with Gasteiger partial charge in [0.25, 0.3) is 0 Å². The highest BCUT2D eigenvalue weighted by molar-refractivity contribution is 5.92. The molecule has 20 heavy (non-hydrogen) atoms. The van der Waals surface area contributed by atoms with Gasteiger partial charge in [0.15, 0.2) is 0 Å². The number of benzene rings is 1. The molecular formula is C14H18FN3O2. The third kappa shape index (κ3) is 3.07. The first kappa shape index (κ1) is 14.3. The van der Waals surface area contributed by atoms with Gasteiger partial charge in [-0.1, -0.05) is 13.0 Å². The molecule has 1 fully saturated rings. The number of hydrogen-bond acceptors (Lipinski definition) is 3. The third-order valence-electron chi connectivity index (χ3n) is 3.32. The first-order valence-corrected chi connectivity index (χ1v) is 6.60. The Hall–Kier alpha value is -2.11. The number of anilines is 1. The summed E-state index contributed by atoms with van der Waals surface area (Å²) >= 11 is 0. The lowest BCUT2D eigenvalue weighted by atomic mass is 10.1. The van der Waals surface area contributed by atoms with Crippen molar-refractivity contribution in [2.75, 3.05) is 25.4 Å². The number of hydrogen-bond donors (Lipinski definition) is 1. The molecule has 2 N–H and O–H groups in total. The van der Waals surface area contributed by atoms with Gasteiger partial charge in [-0.15, -0.1) is 0 Å². The normalized spacial score (nSPS) is 15.9. The minimum atomic E-state index is -0.415. The topological polar surface area (TPSA) is 66.6 Å². The average molecular weight is 279 g/mol. The Labute approximate surface area is 117 Å². The van der Waals surface area contributed by atoms with E-state index in [1.807, 2.05) is 6.92 Å². The summed E-state index contributed by atoms with van der Waals surface area (Å²) in [4.78, 5) is 27.0. The van der Waals surface area contributed by atoms with Crippen LogP contribution in [0.25, 0.3) is 0 Å². The van der Waals surface area contributed by atoms with Gasteiger partial charge < -0.3 is 15.5 Å². The van der Waals surface area contributed by atoms with E-state index in [0.717, 1.165) is 6.42 Å². The molecule has 0 unspecified atom stereocenters. The number of nitrogens with zero attached hydrogens (tertiary/aromatic N) is 2. The van der Waals surface area contributed by atoms with Gasteiger partial charge in [-0.3, -0.25) is 9.59 Å². The molecule has 5 nitrogen and oxygen atoms in total. The van der Waals surface area contributed by atoms with Crippen LogP contribution in [0.2, 0.25) is 0 Å². The Morgan fingerprint density at radius 1 is 1.20 bits per heavy atom. The Balaban J connectivity index is 2.07. The maximum absolute atomic E-state index is 13.0. The molecule has 2 amide bonds. The molecule has 6 heteroatoms. The molecule has 0 spiro atoms. The van der Waals surface area contributed by atoms with Crippen LogP contribution >= 0.6 is 0 Å². The molecule has 0 bridgehead atoms. The zero-order valence-corrected chi connectivity index (χ0v) is 11.4. The zero-order valence-electron chi connectivity index (χ0n) is 11.4.